The van der Waals surface area contributed by atoms with Gasteiger partial charge in [0.1, 0.15) is 16.5 Å². The number of nitrogens with one attached hydrogen (secondary N) is 1. The van der Waals surface area contributed by atoms with E-state index in [9.17, 15) is 9.59 Å². The Bertz CT molecular complexity index is 875. The Hall–Kier alpha value is -2.54. The number of primary amides is 1. The molecule has 144 valence electrons. The van der Waals surface area contributed by atoms with Gasteiger partial charge < -0.3 is 20.5 Å². The lowest BCUT2D eigenvalue weighted by Crippen LogP contribution is -2.20. The van der Waals surface area contributed by atoms with Crippen molar-refractivity contribution >= 4 is 28.2 Å². The van der Waals surface area contributed by atoms with Gasteiger partial charge in [-0.25, -0.2) is 0 Å². The summed E-state index contributed by atoms with van der Waals surface area (Å²) >= 11 is 1.46. The SMILES string of the molecule is CC[C@H]1CCc2c(sc(NC(=O)c3ccc(OC)cc3OC)c2C(N)=O)C1. The Kier molecular flexibility index (Phi) is 5.70. The van der Waals surface area contributed by atoms with Crippen molar-refractivity contribution in [3.63, 3.8) is 0 Å². The number of carbonyl (C=O) groups is 2. The summed E-state index contributed by atoms with van der Waals surface area (Å²) in [6, 6.07) is 4.98. The summed E-state index contributed by atoms with van der Waals surface area (Å²) in [4.78, 5) is 26.0. The van der Waals surface area contributed by atoms with Crippen LogP contribution in [0.1, 0.15) is 50.9 Å². The Morgan fingerprint density at radius 1 is 1.30 bits per heavy atom. The van der Waals surface area contributed by atoms with Crippen molar-refractivity contribution in [1.29, 1.82) is 0 Å². The number of amides is 2. The number of nitrogens with two attached hydrogens (primary N) is 1. The molecule has 2 aromatic rings. The fourth-order valence-electron chi connectivity index (χ4n) is 3.51. The fraction of sp³-hybridized carbons (Fsp3) is 0.400. The fourth-order valence-corrected chi connectivity index (χ4v) is 4.87. The van der Waals surface area contributed by atoms with Crippen molar-refractivity contribution < 1.29 is 19.1 Å². The Morgan fingerprint density at radius 3 is 2.70 bits per heavy atom. The summed E-state index contributed by atoms with van der Waals surface area (Å²) in [6.07, 6.45) is 3.90. The number of fused-ring (bicyclic) bond motifs is 1. The van der Waals surface area contributed by atoms with Gasteiger partial charge >= 0.3 is 0 Å². The number of carbonyl (C=O) groups excluding carboxylic acids is 2. The van der Waals surface area contributed by atoms with Gasteiger partial charge in [0.2, 0.25) is 0 Å². The predicted octanol–water partition coefficient (Wildman–Crippen LogP) is 3.63. The molecule has 1 aromatic heterocycles. The molecule has 1 atom stereocenters. The summed E-state index contributed by atoms with van der Waals surface area (Å²) in [5.74, 6) is 0.766. The van der Waals surface area contributed by atoms with E-state index in [4.69, 9.17) is 15.2 Å². The zero-order valence-electron chi connectivity index (χ0n) is 15.8. The lowest BCUT2D eigenvalue weighted by Gasteiger charge is -2.20. The normalized spacial score (nSPS) is 15.7. The molecule has 0 unspecified atom stereocenters. The van der Waals surface area contributed by atoms with Crippen molar-refractivity contribution in [2.75, 3.05) is 19.5 Å². The molecule has 0 aliphatic heterocycles. The van der Waals surface area contributed by atoms with Crippen LogP contribution in [0.25, 0.3) is 0 Å². The van der Waals surface area contributed by atoms with Gasteiger partial charge in [0.05, 0.1) is 25.3 Å². The second-order valence-electron chi connectivity index (χ2n) is 6.61. The van der Waals surface area contributed by atoms with Gasteiger partial charge in [0.15, 0.2) is 0 Å². The molecule has 3 rings (SSSR count). The van der Waals surface area contributed by atoms with Crippen LogP contribution in [0, 0.1) is 5.92 Å². The largest absolute Gasteiger partial charge is 0.497 e. The third-order valence-corrected chi connectivity index (χ3v) is 6.24. The molecule has 2 amide bonds. The molecule has 1 aliphatic rings. The van der Waals surface area contributed by atoms with Crippen molar-refractivity contribution in [3.05, 3.63) is 39.8 Å². The third kappa shape index (κ3) is 3.78. The van der Waals surface area contributed by atoms with Crippen molar-refractivity contribution in [3.8, 4) is 11.5 Å². The molecule has 0 fully saturated rings. The van der Waals surface area contributed by atoms with E-state index < -0.39 is 5.91 Å². The molecule has 0 bridgehead atoms. The molecule has 0 saturated heterocycles. The van der Waals surface area contributed by atoms with Gasteiger partial charge in [-0.05, 0) is 42.9 Å². The maximum Gasteiger partial charge on any atom is 0.260 e. The summed E-state index contributed by atoms with van der Waals surface area (Å²) in [5.41, 5.74) is 7.45. The average molecular weight is 388 g/mol. The molecule has 3 N–H and O–H groups in total. The molecule has 7 heteroatoms. The summed E-state index contributed by atoms with van der Waals surface area (Å²) in [5, 5.41) is 3.39. The van der Waals surface area contributed by atoms with E-state index in [1.54, 1.807) is 25.3 Å². The lowest BCUT2D eigenvalue weighted by atomic mass is 9.85. The zero-order valence-corrected chi connectivity index (χ0v) is 16.6. The van der Waals surface area contributed by atoms with Crippen LogP contribution in [0.5, 0.6) is 11.5 Å². The maximum atomic E-state index is 12.8. The van der Waals surface area contributed by atoms with E-state index in [1.165, 1.54) is 18.4 Å². The minimum atomic E-state index is -0.501. The molecular formula is C20H24N2O4S. The number of rotatable bonds is 6. The average Bonchev–Trinajstić information content (AvgIpc) is 3.04. The van der Waals surface area contributed by atoms with Crippen LogP contribution in [-0.4, -0.2) is 26.0 Å². The van der Waals surface area contributed by atoms with E-state index in [0.717, 1.165) is 36.1 Å². The molecule has 1 aliphatic carbocycles. The third-order valence-electron chi connectivity index (χ3n) is 5.07. The van der Waals surface area contributed by atoms with Crippen molar-refractivity contribution in [1.82, 2.24) is 0 Å². The van der Waals surface area contributed by atoms with Gasteiger partial charge in [-0.1, -0.05) is 13.3 Å². The molecule has 1 aromatic carbocycles. The standard InChI is InChI=1S/C20H24N2O4S/c1-4-11-5-7-14-16(9-11)27-20(17(14)18(21)23)22-19(24)13-8-6-12(25-2)10-15(13)26-3/h6,8,10-11H,4-5,7,9H2,1-3H3,(H2,21,23)(H,22,24)/t11-/m0/s1. The molecule has 0 saturated carbocycles. The topological polar surface area (TPSA) is 90.7 Å². The highest BCUT2D eigenvalue weighted by Gasteiger charge is 2.28. The number of thiophene rings is 1. The predicted molar refractivity (Wildman–Crippen MR) is 106 cm³/mol. The van der Waals surface area contributed by atoms with E-state index in [1.807, 2.05) is 0 Å². The van der Waals surface area contributed by atoms with E-state index in [0.29, 0.717) is 33.5 Å². The summed E-state index contributed by atoms with van der Waals surface area (Å²) in [7, 11) is 3.04. The van der Waals surface area contributed by atoms with Gasteiger partial charge in [-0.2, -0.15) is 0 Å². The number of ether oxygens (including phenoxy) is 2. The molecule has 0 spiro atoms. The first kappa shape index (κ1) is 19.2. The minimum absolute atomic E-state index is 0.345. The first-order chi connectivity index (χ1) is 13.0. The van der Waals surface area contributed by atoms with Crippen LogP contribution in [-0.2, 0) is 12.8 Å². The van der Waals surface area contributed by atoms with Crippen molar-refractivity contribution in [2.24, 2.45) is 11.7 Å². The van der Waals surface area contributed by atoms with Crippen molar-refractivity contribution in [2.45, 2.75) is 32.6 Å². The van der Waals surface area contributed by atoms with E-state index in [2.05, 4.69) is 12.2 Å². The highest BCUT2D eigenvalue weighted by Crippen LogP contribution is 2.40. The first-order valence-electron chi connectivity index (χ1n) is 8.96. The van der Waals surface area contributed by atoms with Gasteiger partial charge in [-0.15, -0.1) is 11.3 Å². The second-order valence-corrected chi connectivity index (χ2v) is 7.71. The quantitative estimate of drug-likeness (QED) is 0.791. The second kappa shape index (κ2) is 8.00. The molecule has 0 radical (unpaired) electrons. The Labute approximate surface area is 162 Å². The lowest BCUT2D eigenvalue weighted by molar-refractivity contribution is 0.1000. The van der Waals surface area contributed by atoms with Gasteiger partial charge in [0, 0.05) is 10.9 Å². The van der Waals surface area contributed by atoms with Crippen LogP contribution in [0.3, 0.4) is 0 Å². The first-order valence-corrected chi connectivity index (χ1v) is 9.77. The molecular weight excluding hydrogens is 364 g/mol. The number of hydrogen-bond acceptors (Lipinski definition) is 5. The van der Waals surface area contributed by atoms with Crippen LogP contribution in [0.4, 0.5) is 5.00 Å². The van der Waals surface area contributed by atoms with E-state index >= 15 is 0 Å². The molecule has 27 heavy (non-hydrogen) atoms. The maximum absolute atomic E-state index is 12.8. The highest BCUT2D eigenvalue weighted by atomic mass is 32.1. The summed E-state index contributed by atoms with van der Waals surface area (Å²) < 4.78 is 10.5. The van der Waals surface area contributed by atoms with Gasteiger partial charge in [-0.3, -0.25) is 9.59 Å². The Morgan fingerprint density at radius 2 is 2.07 bits per heavy atom. The van der Waals surface area contributed by atoms with E-state index in [-0.39, 0.29) is 5.91 Å². The minimum Gasteiger partial charge on any atom is -0.497 e. The highest BCUT2D eigenvalue weighted by molar-refractivity contribution is 7.17. The molecule has 6 nitrogen and oxygen atoms in total. The van der Waals surface area contributed by atoms with Crippen LogP contribution in [0.2, 0.25) is 0 Å². The number of methoxy groups -OCH3 is 2. The smallest absolute Gasteiger partial charge is 0.260 e. The van der Waals surface area contributed by atoms with Crippen LogP contribution < -0.4 is 20.5 Å². The van der Waals surface area contributed by atoms with Crippen LogP contribution in [0.15, 0.2) is 18.2 Å². The Balaban J connectivity index is 1.93. The van der Waals surface area contributed by atoms with Crippen LogP contribution >= 0.6 is 11.3 Å². The number of anilines is 1. The monoisotopic (exact) mass is 388 g/mol. The summed E-state index contributed by atoms with van der Waals surface area (Å²) in [6.45, 7) is 2.18. The molecule has 1 heterocycles. The number of benzene rings is 1. The van der Waals surface area contributed by atoms with Gasteiger partial charge in [0.25, 0.3) is 11.8 Å². The zero-order chi connectivity index (χ0) is 19.6. The number of hydrogen-bond donors (Lipinski definition) is 2.